The zero-order valence-electron chi connectivity index (χ0n) is 11.4. The van der Waals surface area contributed by atoms with Crippen molar-refractivity contribution in [2.45, 2.75) is 16.1 Å². The van der Waals surface area contributed by atoms with Crippen molar-refractivity contribution in [1.82, 2.24) is 0 Å². The first kappa shape index (κ1) is 15.1. The highest BCUT2D eigenvalue weighted by Crippen LogP contribution is 2.54. The van der Waals surface area contributed by atoms with E-state index < -0.39 is 32.9 Å². The number of hydrogen-bond donors (Lipinski definition) is 1. The average molecular weight is 337 g/mol. The fraction of sp³-hybridized carbons (Fsp3) is 0.188. The van der Waals surface area contributed by atoms with Crippen LogP contribution in [0.4, 0.5) is 0 Å². The first-order chi connectivity index (χ1) is 10.4. The van der Waals surface area contributed by atoms with Gasteiger partial charge in [-0.1, -0.05) is 41.9 Å². The molecule has 1 aliphatic carbocycles. The second kappa shape index (κ2) is 5.41. The van der Waals surface area contributed by atoms with Crippen molar-refractivity contribution in [3.05, 3.63) is 65.2 Å². The van der Waals surface area contributed by atoms with Crippen LogP contribution < -0.4 is 0 Å². The topological polar surface area (TPSA) is 71.4 Å². The summed E-state index contributed by atoms with van der Waals surface area (Å²) in [6.45, 7) is 0. The van der Waals surface area contributed by atoms with Crippen molar-refractivity contribution in [3.63, 3.8) is 0 Å². The SMILES string of the molecule is O=C(O)[C@@H]1[C@H](c2cccc(Cl)c2)[C@H]1S(=O)(=O)c1ccccc1. The van der Waals surface area contributed by atoms with Crippen molar-refractivity contribution in [1.29, 1.82) is 0 Å². The van der Waals surface area contributed by atoms with Gasteiger partial charge < -0.3 is 5.11 Å². The van der Waals surface area contributed by atoms with Crippen LogP contribution in [0.3, 0.4) is 0 Å². The summed E-state index contributed by atoms with van der Waals surface area (Å²) in [5.41, 5.74) is 0.643. The van der Waals surface area contributed by atoms with Crippen molar-refractivity contribution >= 4 is 27.4 Å². The summed E-state index contributed by atoms with van der Waals surface area (Å²) >= 11 is 5.93. The van der Waals surface area contributed by atoms with Gasteiger partial charge in [0.25, 0.3) is 0 Å². The molecule has 0 amide bonds. The molecule has 0 spiro atoms. The minimum atomic E-state index is -3.69. The molecular weight excluding hydrogens is 324 g/mol. The maximum atomic E-state index is 12.7. The van der Waals surface area contributed by atoms with Crippen LogP contribution in [-0.4, -0.2) is 24.7 Å². The Kier molecular flexibility index (Phi) is 3.70. The number of carboxylic acid groups (broad SMARTS) is 1. The lowest BCUT2D eigenvalue weighted by Gasteiger charge is -2.04. The highest BCUT2D eigenvalue weighted by molar-refractivity contribution is 7.92. The van der Waals surface area contributed by atoms with E-state index >= 15 is 0 Å². The predicted octanol–water partition coefficient (Wildman–Crippen LogP) is 2.98. The summed E-state index contributed by atoms with van der Waals surface area (Å²) in [5, 5.41) is 8.85. The first-order valence-corrected chi connectivity index (χ1v) is 8.62. The third-order valence-corrected chi connectivity index (χ3v) is 6.37. The third kappa shape index (κ3) is 2.51. The van der Waals surface area contributed by atoms with Crippen LogP contribution in [-0.2, 0) is 14.6 Å². The molecule has 2 aromatic carbocycles. The molecule has 0 aliphatic heterocycles. The fourth-order valence-electron chi connectivity index (χ4n) is 2.84. The molecule has 3 atom stereocenters. The molecule has 1 aliphatic rings. The smallest absolute Gasteiger partial charge is 0.308 e. The number of sulfone groups is 1. The molecule has 0 radical (unpaired) electrons. The number of hydrogen-bond acceptors (Lipinski definition) is 3. The predicted molar refractivity (Wildman–Crippen MR) is 82.7 cm³/mol. The Labute approximate surface area is 133 Å². The van der Waals surface area contributed by atoms with E-state index in [1.165, 1.54) is 12.1 Å². The highest BCUT2D eigenvalue weighted by Gasteiger charge is 2.63. The fourth-order valence-corrected chi connectivity index (χ4v) is 5.18. The molecule has 1 N–H and O–H groups in total. The summed E-state index contributed by atoms with van der Waals surface area (Å²) < 4.78 is 25.4. The molecule has 22 heavy (non-hydrogen) atoms. The Bertz CT molecular complexity index is 817. The summed E-state index contributed by atoms with van der Waals surface area (Å²) in [7, 11) is -3.69. The van der Waals surface area contributed by atoms with Gasteiger partial charge in [0.05, 0.1) is 16.1 Å². The van der Waals surface area contributed by atoms with Gasteiger partial charge in [-0.2, -0.15) is 0 Å². The molecule has 0 bridgehead atoms. The summed E-state index contributed by atoms with van der Waals surface area (Å²) in [5.74, 6) is -2.61. The van der Waals surface area contributed by atoms with Gasteiger partial charge >= 0.3 is 5.97 Å². The van der Waals surface area contributed by atoms with Crippen molar-refractivity contribution in [2.24, 2.45) is 5.92 Å². The van der Waals surface area contributed by atoms with Crippen molar-refractivity contribution < 1.29 is 18.3 Å². The molecule has 1 saturated carbocycles. The van der Waals surface area contributed by atoms with Crippen molar-refractivity contribution in [3.8, 4) is 0 Å². The van der Waals surface area contributed by atoms with E-state index in [-0.39, 0.29) is 4.90 Å². The van der Waals surface area contributed by atoms with E-state index in [1.807, 2.05) is 0 Å². The molecule has 3 rings (SSSR count). The Morgan fingerprint density at radius 1 is 1.05 bits per heavy atom. The van der Waals surface area contributed by atoms with E-state index in [2.05, 4.69) is 0 Å². The molecule has 1 fully saturated rings. The number of halogens is 1. The number of carbonyl (C=O) groups is 1. The molecule has 0 heterocycles. The molecule has 0 unspecified atom stereocenters. The van der Waals surface area contributed by atoms with Crippen molar-refractivity contribution in [2.75, 3.05) is 0 Å². The summed E-state index contributed by atoms with van der Waals surface area (Å²) in [6.07, 6.45) is 0. The van der Waals surface area contributed by atoms with Gasteiger partial charge in [0.1, 0.15) is 0 Å². The van der Waals surface area contributed by atoms with E-state index in [4.69, 9.17) is 11.6 Å². The minimum absolute atomic E-state index is 0.149. The van der Waals surface area contributed by atoms with Gasteiger partial charge in [0, 0.05) is 10.9 Å². The Balaban J connectivity index is 2.01. The highest BCUT2D eigenvalue weighted by atomic mass is 35.5. The monoisotopic (exact) mass is 336 g/mol. The van der Waals surface area contributed by atoms with E-state index in [9.17, 15) is 18.3 Å². The molecule has 0 saturated heterocycles. The van der Waals surface area contributed by atoms with E-state index in [1.54, 1.807) is 42.5 Å². The zero-order valence-corrected chi connectivity index (χ0v) is 13.0. The molecule has 6 heteroatoms. The lowest BCUT2D eigenvalue weighted by atomic mass is 10.1. The summed E-state index contributed by atoms with van der Waals surface area (Å²) in [6, 6.07) is 14.7. The summed E-state index contributed by atoms with van der Waals surface area (Å²) in [4.78, 5) is 11.6. The maximum absolute atomic E-state index is 12.7. The lowest BCUT2D eigenvalue weighted by molar-refractivity contribution is -0.138. The van der Waals surface area contributed by atoms with Gasteiger partial charge in [0.2, 0.25) is 0 Å². The lowest BCUT2D eigenvalue weighted by Crippen LogP contribution is -2.13. The Hall–Kier alpha value is -1.85. The molecule has 0 aromatic heterocycles. The first-order valence-electron chi connectivity index (χ1n) is 6.70. The normalized spacial score (nSPS) is 24.0. The Morgan fingerprint density at radius 2 is 1.73 bits per heavy atom. The third-order valence-electron chi connectivity index (χ3n) is 3.90. The van der Waals surface area contributed by atoms with Crippen LogP contribution >= 0.6 is 11.6 Å². The quantitative estimate of drug-likeness (QED) is 0.931. The Morgan fingerprint density at radius 3 is 2.32 bits per heavy atom. The van der Waals surface area contributed by atoms with E-state index in [0.29, 0.717) is 10.6 Å². The average Bonchev–Trinajstić information content (AvgIpc) is 3.25. The van der Waals surface area contributed by atoms with Crippen LogP contribution in [0, 0.1) is 5.92 Å². The number of rotatable bonds is 4. The standard InChI is InChI=1S/C16H13ClO4S/c17-11-6-4-5-10(9-11)13-14(16(18)19)15(13)22(20,21)12-7-2-1-3-8-12/h1-9,13-15H,(H,18,19)/t13-,14+,15+/m0/s1. The molecule has 4 nitrogen and oxygen atoms in total. The van der Waals surface area contributed by atoms with Gasteiger partial charge in [-0.25, -0.2) is 8.42 Å². The van der Waals surface area contributed by atoms with Gasteiger partial charge in [-0.15, -0.1) is 0 Å². The number of benzene rings is 2. The minimum Gasteiger partial charge on any atom is -0.481 e. The van der Waals surface area contributed by atoms with Crippen LogP contribution in [0.1, 0.15) is 11.5 Å². The largest absolute Gasteiger partial charge is 0.481 e. The van der Waals surface area contributed by atoms with Crippen LogP contribution in [0.25, 0.3) is 0 Å². The number of carboxylic acids is 1. The maximum Gasteiger partial charge on any atom is 0.308 e. The number of aliphatic carboxylic acids is 1. The second-order valence-corrected chi connectivity index (χ2v) is 7.81. The van der Waals surface area contributed by atoms with Gasteiger partial charge in [0.15, 0.2) is 9.84 Å². The zero-order chi connectivity index (χ0) is 15.9. The van der Waals surface area contributed by atoms with Crippen LogP contribution in [0.15, 0.2) is 59.5 Å². The van der Waals surface area contributed by atoms with Gasteiger partial charge in [-0.05, 0) is 29.8 Å². The van der Waals surface area contributed by atoms with Crippen LogP contribution in [0.2, 0.25) is 5.02 Å². The molecule has 114 valence electrons. The van der Waals surface area contributed by atoms with Crippen LogP contribution in [0.5, 0.6) is 0 Å². The van der Waals surface area contributed by atoms with E-state index in [0.717, 1.165) is 0 Å². The second-order valence-electron chi connectivity index (χ2n) is 5.27. The molecular formula is C16H13ClO4S. The van der Waals surface area contributed by atoms with Gasteiger partial charge in [-0.3, -0.25) is 4.79 Å². The molecule has 2 aromatic rings.